The van der Waals surface area contributed by atoms with Gasteiger partial charge in [0.1, 0.15) is 12.0 Å². The highest BCUT2D eigenvalue weighted by Gasteiger charge is 2.05. The van der Waals surface area contributed by atoms with Crippen LogP contribution in [0.5, 0.6) is 5.75 Å². The van der Waals surface area contributed by atoms with Gasteiger partial charge in [-0.25, -0.2) is 0 Å². The van der Waals surface area contributed by atoms with Crippen molar-refractivity contribution < 1.29 is 9.53 Å². The number of rotatable bonds is 2. The minimum atomic E-state index is 0.704. The number of hydrogen-bond acceptors (Lipinski definition) is 2. The van der Waals surface area contributed by atoms with Gasteiger partial charge in [-0.1, -0.05) is 18.2 Å². The van der Waals surface area contributed by atoms with Crippen LogP contribution < -0.4 is 4.74 Å². The molecule has 0 bridgehead atoms. The molecule has 0 saturated heterocycles. The van der Waals surface area contributed by atoms with E-state index in [9.17, 15) is 4.79 Å². The van der Waals surface area contributed by atoms with E-state index in [4.69, 9.17) is 4.74 Å². The standard InChI is InChI=1S/C24H16O2/c1-26-24-5-4-17-8-20-10-19-7-16-3-2-15(14-25)6-18(16)9-21(19)11-22(20)12-23(17)13-24/h2-14H,1H3. The van der Waals surface area contributed by atoms with Gasteiger partial charge >= 0.3 is 0 Å². The van der Waals surface area contributed by atoms with Gasteiger partial charge in [-0.05, 0) is 97.7 Å². The van der Waals surface area contributed by atoms with Crippen molar-refractivity contribution in [1.29, 1.82) is 0 Å². The molecule has 2 nitrogen and oxygen atoms in total. The van der Waals surface area contributed by atoms with Gasteiger partial charge in [0.2, 0.25) is 0 Å². The zero-order chi connectivity index (χ0) is 17.7. The number of benzene rings is 5. The summed E-state index contributed by atoms with van der Waals surface area (Å²) < 4.78 is 5.35. The molecule has 0 aromatic heterocycles. The Bertz CT molecular complexity index is 1330. The summed E-state index contributed by atoms with van der Waals surface area (Å²) in [6, 6.07) is 25.2. The fraction of sp³-hybridized carbons (Fsp3) is 0.0417. The fourth-order valence-electron chi connectivity index (χ4n) is 3.70. The van der Waals surface area contributed by atoms with Crippen molar-refractivity contribution in [3.8, 4) is 5.75 Å². The summed E-state index contributed by atoms with van der Waals surface area (Å²) >= 11 is 0. The van der Waals surface area contributed by atoms with Crippen LogP contribution in [0.2, 0.25) is 0 Å². The smallest absolute Gasteiger partial charge is 0.150 e. The van der Waals surface area contributed by atoms with E-state index in [0.29, 0.717) is 5.56 Å². The lowest BCUT2D eigenvalue weighted by Crippen LogP contribution is -1.84. The van der Waals surface area contributed by atoms with Crippen molar-refractivity contribution in [2.75, 3.05) is 7.11 Å². The maximum atomic E-state index is 11.1. The molecule has 5 rings (SSSR count). The average molecular weight is 336 g/mol. The van der Waals surface area contributed by atoms with Crippen LogP contribution in [0.1, 0.15) is 10.4 Å². The van der Waals surface area contributed by atoms with E-state index in [1.807, 2.05) is 24.3 Å². The summed E-state index contributed by atoms with van der Waals surface area (Å²) in [5.74, 6) is 0.866. The molecule has 0 aliphatic carbocycles. The number of fused-ring (bicyclic) bond motifs is 4. The second kappa shape index (κ2) is 5.57. The number of carbonyl (C=O) groups is 1. The van der Waals surface area contributed by atoms with E-state index in [0.717, 1.165) is 22.8 Å². The van der Waals surface area contributed by atoms with Gasteiger partial charge < -0.3 is 4.74 Å². The minimum absolute atomic E-state index is 0.704. The van der Waals surface area contributed by atoms with Gasteiger partial charge in [-0.3, -0.25) is 4.79 Å². The third kappa shape index (κ3) is 2.31. The first-order chi connectivity index (χ1) is 12.7. The van der Waals surface area contributed by atoms with Crippen LogP contribution in [0.4, 0.5) is 0 Å². The molecule has 0 saturated carbocycles. The molecule has 5 aromatic carbocycles. The van der Waals surface area contributed by atoms with Crippen molar-refractivity contribution in [2.24, 2.45) is 0 Å². The molecule has 124 valence electrons. The number of aldehydes is 1. The van der Waals surface area contributed by atoms with E-state index < -0.39 is 0 Å². The quantitative estimate of drug-likeness (QED) is 0.287. The van der Waals surface area contributed by atoms with E-state index in [1.165, 1.54) is 32.3 Å². The fourth-order valence-corrected chi connectivity index (χ4v) is 3.70. The molecule has 0 unspecified atom stereocenters. The number of hydrogen-bond donors (Lipinski definition) is 0. The first-order valence-corrected chi connectivity index (χ1v) is 8.58. The van der Waals surface area contributed by atoms with E-state index in [1.54, 1.807) is 7.11 Å². The third-order valence-corrected chi connectivity index (χ3v) is 5.07. The van der Waals surface area contributed by atoms with Crippen LogP contribution in [-0.2, 0) is 0 Å². The summed E-state index contributed by atoms with van der Waals surface area (Å²) in [5, 5.41) is 9.40. The van der Waals surface area contributed by atoms with E-state index >= 15 is 0 Å². The van der Waals surface area contributed by atoms with Gasteiger partial charge in [-0.2, -0.15) is 0 Å². The van der Waals surface area contributed by atoms with Gasteiger partial charge in [0.05, 0.1) is 7.11 Å². The second-order valence-corrected chi connectivity index (χ2v) is 6.69. The van der Waals surface area contributed by atoms with Crippen LogP contribution >= 0.6 is 0 Å². The topological polar surface area (TPSA) is 26.3 Å². The third-order valence-electron chi connectivity index (χ3n) is 5.07. The molecule has 0 aliphatic rings. The summed E-state index contributed by atoms with van der Waals surface area (Å²) in [5.41, 5.74) is 0.704. The highest BCUT2D eigenvalue weighted by atomic mass is 16.5. The predicted molar refractivity (Wildman–Crippen MR) is 108 cm³/mol. The van der Waals surface area contributed by atoms with Crippen molar-refractivity contribution in [3.63, 3.8) is 0 Å². The summed E-state index contributed by atoms with van der Waals surface area (Å²) in [7, 11) is 1.69. The van der Waals surface area contributed by atoms with Crippen molar-refractivity contribution in [2.45, 2.75) is 0 Å². The van der Waals surface area contributed by atoms with Gasteiger partial charge in [0.25, 0.3) is 0 Å². The largest absolute Gasteiger partial charge is 0.497 e. The van der Waals surface area contributed by atoms with Crippen molar-refractivity contribution in [3.05, 3.63) is 78.4 Å². The molecule has 0 N–H and O–H groups in total. The molecule has 0 fully saturated rings. The van der Waals surface area contributed by atoms with Crippen LogP contribution in [0, 0.1) is 0 Å². The Morgan fingerprint density at radius 2 is 1.04 bits per heavy atom. The molecule has 2 heteroatoms. The maximum Gasteiger partial charge on any atom is 0.150 e. The second-order valence-electron chi connectivity index (χ2n) is 6.69. The van der Waals surface area contributed by atoms with Gasteiger partial charge in [-0.15, -0.1) is 0 Å². The van der Waals surface area contributed by atoms with Crippen LogP contribution in [0.15, 0.2) is 72.8 Å². The Hall–Kier alpha value is -3.39. The molecule has 26 heavy (non-hydrogen) atoms. The van der Waals surface area contributed by atoms with Crippen LogP contribution in [0.25, 0.3) is 43.1 Å². The Morgan fingerprint density at radius 3 is 1.58 bits per heavy atom. The Kier molecular flexibility index (Phi) is 3.19. The Labute approximate surface area is 150 Å². The molecular formula is C24H16O2. The molecule has 0 aliphatic heterocycles. The number of methoxy groups -OCH3 is 1. The van der Waals surface area contributed by atoms with Crippen LogP contribution in [-0.4, -0.2) is 13.4 Å². The van der Waals surface area contributed by atoms with E-state index in [2.05, 4.69) is 48.5 Å². The SMILES string of the molecule is COc1ccc2cc3cc4cc5ccc(C=O)cc5cc4cc3cc2c1. The predicted octanol–water partition coefficient (Wildman–Crippen LogP) is 6.12. The summed E-state index contributed by atoms with van der Waals surface area (Å²) in [4.78, 5) is 11.1. The molecule has 0 spiro atoms. The molecule has 0 heterocycles. The zero-order valence-corrected chi connectivity index (χ0v) is 14.3. The van der Waals surface area contributed by atoms with Gasteiger partial charge in [0.15, 0.2) is 0 Å². The average Bonchev–Trinajstić information content (AvgIpc) is 2.68. The summed E-state index contributed by atoms with van der Waals surface area (Å²) in [6.07, 6.45) is 0.892. The zero-order valence-electron chi connectivity index (χ0n) is 14.3. The van der Waals surface area contributed by atoms with Crippen LogP contribution in [0.3, 0.4) is 0 Å². The highest BCUT2D eigenvalue weighted by molar-refractivity contribution is 6.08. The Balaban J connectivity index is 1.82. The van der Waals surface area contributed by atoms with E-state index in [-0.39, 0.29) is 0 Å². The molecular weight excluding hydrogens is 320 g/mol. The lowest BCUT2D eigenvalue weighted by Gasteiger charge is -2.08. The number of ether oxygens (including phenoxy) is 1. The normalized spacial score (nSPS) is 11.4. The lowest BCUT2D eigenvalue weighted by molar-refractivity contribution is 0.112. The highest BCUT2D eigenvalue weighted by Crippen LogP contribution is 2.31. The molecule has 5 aromatic rings. The van der Waals surface area contributed by atoms with Gasteiger partial charge in [0, 0.05) is 5.56 Å². The monoisotopic (exact) mass is 336 g/mol. The first-order valence-electron chi connectivity index (χ1n) is 8.58. The lowest BCUT2D eigenvalue weighted by atomic mass is 9.97. The molecule has 0 radical (unpaired) electrons. The summed E-state index contributed by atoms with van der Waals surface area (Å²) in [6.45, 7) is 0. The number of carbonyl (C=O) groups excluding carboxylic acids is 1. The molecule has 0 atom stereocenters. The first kappa shape index (κ1) is 14.9. The Morgan fingerprint density at radius 1 is 0.577 bits per heavy atom. The maximum absolute atomic E-state index is 11.1. The van der Waals surface area contributed by atoms with Crippen molar-refractivity contribution >= 4 is 49.4 Å². The van der Waals surface area contributed by atoms with Crippen molar-refractivity contribution in [1.82, 2.24) is 0 Å². The minimum Gasteiger partial charge on any atom is -0.497 e. The molecule has 0 amide bonds.